The highest BCUT2D eigenvalue weighted by atomic mass is 79.9. The zero-order chi connectivity index (χ0) is 30.9. The van der Waals surface area contributed by atoms with Gasteiger partial charge in [-0.3, -0.25) is 4.79 Å². The average Bonchev–Trinajstić information content (AvgIpc) is 3.46. The highest BCUT2D eigenvalue weighted by Gasteiger charge is 2.53. The standard InChI is InChI=1S/C35H35BrN2O6/c36-29-15-7-24(8-16-29)21-35(34(42)37-30(22-40)23-41)32(27-11-9-26(10-12-27)25-5-2-1-3-6-25)44-33(38-35)28-13-17-31(18-14-28)43-20-4-19-39/h1-3,5-18,30,32,39-41H,4,19-23H2,(H,37,42)/t32-,35-/m1/s1. The minimum atomic E-state index is -1.46. The molecule has 4 N–H and O–H groups in total. The fourth-order valence-corrected chi connectivity index (χ4v) is 5.40. The van der Waals surface area contributed by atoms with Crippen LogP contribution in [-0.2, 0) is 16.0 Å². The number of aliphatic imine (C=N–C) groups is 1. The van der Waals surface area contributed by atoms with Crippen LogP contribution in [0.5, 0.6) is 5.75 Å². The maximum absolute atomic E-state index is 14.2. The van der Waals surface area contributed by atoms with Crippen molar-refractivity contribution in [3.63, 3.8) is 0 Å². The summed E-state index contributed by atoms with van der Waals surface area (Å²) in [5.74, 6) is 0.465. The molecule has 0 fully saturated rings. The third-order valence-corrected chi connectivity index (χ3v) is 8.04. The van der Waals surface area contributed by atoms with Gasteiger partial charge in [-0.1, -0.05) is 82.7 Å². The van der Waals surface area contributed by atoms with Crippen LogP contribution < -0.4 is 10.1 Å². The van der Waals surface area contributed by atoms with Gasteiger partial charge in [0.2, 0.25) is 5.90 Å². The van der Waals surface area contributed by atoms with Gasteiger partial charge in [-0.15, -0.1) is 0 Å². The molecule has 0 saturated carbocycles. The van der Waals surface area contributed by atoms with Gasteiger partial charge in [0.25, 0.3) is 5.91 Å². The Kier molecular flexibility index (Phi) is 10.4. The van der Waals surface area contributed by atoms with E-state index < -0.39 is 36.8 Å². The molecule has 1 aliphatic heterocycles. The summed E-state index contributed by atoms with van der Waals surface area (Å²) in [7, 11) is 0. The van der Waals surface area contributed by atoms with E-state index in [2.05, 4.69) is 21.2 Å². The molecule has 0 saturated heterocycles. The Morgan fingerprint density at radius 1 is 0.864 bits per heavy atom. The van der Waals surface area contributed by atoms with Crippen LogP contribution in [0, 0.1) is 0 Å². The van der Waals surface area contributed by atoms with Crippen molar-refractivity contribution < 1.29 is 29.6 Å². The first-order valence-corrected chi connectivity index (χ1v) is 15.3. The fourth-order valence-electron chi connectivity index (χ4n) is 5.14. The summed E-state index contributed by atoms with van der Waals surface area (Å²) in [6.07, 6.45) is -0.0878. The summed E-state index contributed by atoms with van der Waals surface area (Å²) < 4.78 is 13.2. The summed E-state index contributed by atoms with van der Waals surface area (Å²) in [5, 5.41) is 31.5. The predicted octanol–water partition coefficient (Wildman–Crippen LogP) is 4.85. The van der Waals surface area contributed by atoms with Crippen molar-refractivity contribution in [2.75, 3.05) is 26.4 Å². The van der Waals surface area contributed by atoms with Crippen LogP contribution in [0.2, 0.25) is 0 Å². The average molecular weight is 660 g/mol. The zero-order valence-corrected chi connectivity index (χ0v) is 25.7. The molecule has 0 unspecified atom stereocenters. The van der Waals surface area contributed by atoms with Gasteiger partial charge in [-0.05, 0) is 58.7 Å². The second kappa shape index (κ2) is 14.6. The van der Waals surface area contributed by atoms with Crippen molar-refractivity contribution in [2.45, 2.75) is 30.5 Å². The van der Waals surface area contributed by atoms with Crippen molar-refractivity contribution in [1.82, 2.24) is 5.32 Å². The molecular weight excluding hydrogens is 624 g/mol. The lowest BCUT2D eigenvalue weighted by Gasteiger charge is -2.32. The molecule has 1 aliphatic rings. The maximum Gasteiger partial charge on any atom is 0.253 e. The number of nitrogens with zero attached hydrogens (tertiary/aromatic N) is 1. The first-order chi connectivity index (χ1) is 21.5. The Labute approximate surface area is 265 Å². The number of benzene rings is 4. The van der Waals surface area contributed by atoms with Gasteiger partial charge < -0.3 is 30.1 Å². The summed E-state index contributed by atoms with van der Waals surface area (Å²) in [4.78, 5) is 19.3. The molecule has 1 amide bonds. The third-order valence-electron chi connectivity index (χ3n) is 7.51. The number of halogens is 1. The number of nitrogens with one attached hydrogen (secondary N) is 1. The molecule has 0 bridgehead atoms. The summed E-state index contributed by atoms with van der Waals surface area (Å²) in [6, 6.07) is 31.9. The smallest absolute Gasteiger partial charge is 0.253 e. The number of aliphatic hydroxyl groups excluding tert-OH is 3. The van der Waals surface area contributed by atoms with Gasteiger partial charge in [0.05, 0.1) is 25.9 Å². The molecule has 0 radical (unpaired) electrons. The van der Waals surface area contributed by atoms with Crippen LogP contribution in [0.3, 0.4) is 0 Å². The van der Waals surface area contributed by atoms with Crippen LogP contribution in [0.15, 0.2) is 113 Å². The Morgan fingerprint density at radius 3 is 2.14 bits per heavy atom. The molecule has 0 spiro atoms. The molecule has 2 atom stereocenters. The molecule has 0 aromatic heterocycles. The Balaban J connectivity index is 1.57. The second-order valence-corrected chi connectivity index (χ2v) is 11.5. The molecule has 0 aliphatic carbocycles. The topological polar surface area (TPSA) is 121 Å². The van der Waals surface area contributed by atoms with Gasteiger partial charge >= 0.3 is 0 Å². The van der Waals surface area contributed by atoms with Crippen molar-refractivity contribution in [3.05, 3.63) is 124 Å². The number of hydrogen-bond acceptors (Lipinski definition) is 7. The van der Waals surface area contributed by atoms with Gasteiger partial charge in [0.1, 0.15) is 5.75 Å². The number of carbonyl (C=O) groups is 1. The largest absolute Gasteiger partial charge is 0.494 e. The van der Waals surface area contributed by atoms with E-state index in [1.807, 2.05) is 91.0 Å². The van der Waals surface area contributed by atoms with Gasteiger partial charge in [0.15, 0.2) is 11.6 Å². The van der Waals surface area contributed by atoms with Crippen LogP contribution in [0.1, 0.15) is 29.2 Å². The van der Waals surface area contributed by atoms with Gasteiger partial charge in [0, 0.05) is 29.5 Å². The lowest BCUT2D eigenvalue weighted by molar-refractivity contribution is -0.130. The van der Waals surface area contributed by atoms with Crippen molar-refractivity contribution in [2.24, 2.45) is 4.99 Å². The Hall–Kier alpha value is -4.02. The van der Waals surface area contributed by atoms with E-state index in [-0.39, 0.29) is 13.0 Å². The lowest BCUT2D eigenvalue weighted by atomic mass is 9.81. The first kappa shape index (κ1) is 31.4. The molecular formula is C35H35BrN2O6. The van der Waals surface area contributed by atoms with Crippen LogP contribution >= 0.6 is 15.9 Å². The Morgan fingerprint density at radius 2 is 1.50 bits per heavy atom. The maximum atomic E-state index is 14.2. The number of amides is 1. The SMILES string of the molecule is O=C(NC(CO)CO)[C@]1(Cc2ccc(Br)cc2)N=C(c2ccc(OCCCO)cc2)O[C@@H]1c1ccc(-c2ccccc2)cc1. The Bertz CT molecular complexity index is 1540. The predicted molar refractivity (Wildman–Crippen MR) is 173 cm³/mol. The number of rotatable bonds is 13. The second-order valence-electron chi connectivity index (χ2n) is 10.6. The number of ether oxygens (including phenoxy) is 2. The highest BCUT2D eigenvalue weighted by Crippen LogP contribution is 2.43. The monoisotopic (exact) mass is 658 g/mol. The minimum Gasteiger partial charge on any atom is -0.494 e. The molecule has 4 aromatic rings. The molecule has 1 heterocycles. The molecule has 228 valence electrons. The highest BCUT2D eigenvalue weighted by molar-refractivity contribution is 9.10. The zero-order valence-electron chi connectivity index (χ0n) is 24.1. The van der Waals surface area contributed by atoms with Gasteiger partial charge in [-0.25, -0.2) is 4.99 Å². The van der Waals surface area contributed by atoms with E-state index in [0.29, 0.717) is 30.2 Å². The van der Waals surface area contributed by atoms with Gasteiger partial charge in [-0.2, -0.15) is 0 Å². The van der Waals surface area contributed by atoms with Crippen molar-refractivity contribution in [1.29, 1.82) is 0 Å². The molecule has 5 rings (SSSR count). The summed E-state index contributed by atoms with van der Waals surface area (Å²) in [6.45, 7) is -0.418. The van der Waals surface area contributed by atoms with E-state index in [1.54, 1.807) is 12.1 Å². The molecule has 8 nitrogen and oxygen atoms in total. The first-order valence-electron chi connectivity index (χ1n) is 14.5. The number of carbonyl (C=O) groups excluding carboxylic acids is 1. The van der Waals surface area contributed by atoms with Crippen molar-refractivity contribution >= 4 is 27.7 Å². The number of hydrogen-bond donors (Lipinski definition) is 4. The van der Waals surface area contributed by atoms with Crippen molar-refractivity contribution in [3.8, 4) is 16.9 Å². The lowest BCUT2D eigenvalue weighted by Crippen LogP contribution is -2.54. The van der Waals surface area contributed by atoms with E-state index in [1.165, 1.54) is 0 Å². The normalized spacial score (nSPS) is 17.7. The quantitative estimate of drug-likeness (QED) is 0.153. The number of aliphatic hydroxyl groups is 3. The van der Waals surface area contributed by atoms with E-state index >= 15 is 0 Å². The third kappa shape index (κ3) is 7.19. The van der Waals surface area contributed by atoms with E-state index in [4.69, 9.17) is 19.6 Å². The molecule has 44 heavy (non-hydrogen) atoms. The minimum absolute atomic E-state index is 0.0480. The van der Waals surface area contributed by atoms with Crippen LogP contribution in [0.25, 0.3) is 11.1 Å². The van der Waals surface area contributed by atoms with Crippen LogP contribution in [0.4, 0.5) is 0 Å². The van der Waals surface area contributed by atoms with E-state index in [9.17, 15) is 15.0 Å². The fraction of sp³-hybridized carbons (Fsp3) is 0.257. The van der Waals surface area contributed by atoms with E-state index in [0.717, 1.165) is 26.7 Å². The molecule has 4 aromatic carbocycles. The van der Waals surface area contributed by atoms with Crippen LogP contribution in [-0.4, -0.2) is 65.1 Å². The molecule has 9 heteroatoms. The summed E-state index contributed by atoms with van der Waals surface area (Å²) in [5.41, 5.74) is 2.91. The summed E-state index contributed by atoms with van der Waals surface area (Å²) >= 11 is 3.48.